The maximum absolute atomic E-state index is 13.2. The van der Waals surface area contributed by atoms with Crippen LogP contribution in [0.2, 0.25) is 5.02 Å². The molecule has 0 unspecified atom stereocenters. The van der Waals surface area contributed by atoms with E-state index >= 15 is 0 Å². The van der Waals surface area contributed by atoms with Gasteiger partial charge in [0, 0.05) is 18.0 Å². The van der Waals surface area contributed by atoms with E-state index in [1.165, 1.54) is 43.2 Å². The molecule has 0 aliphatic heterocycles. The first-order valence-electron chi connectivity index (χ1n) is 9.69. The predicted molar refractivity (Wildman–Crippen MR) is 116 cm³/mol. The zero-order chi connectivity index (χ0) is 20.8. The summed E-state index contributed by atoms with van der Waals surface area (Å²) in [6.45, 7) is 0. The zero-order valence-corrected chi connectivity index (χ0v) is 17.9. The lowest BCUT2D eigenvalue weighted by atomic mass is 9.94. The van der Waals surface area contributed by atoms with E-state index in [4.69, 9.17) is 11.6 Å². The molecule has 2 aromatic carbocycles. The molecule has 1 aliphatic carbocycles. The number of rotatable bonds is 6. The van der Waals surface area contributed by atoms with Gasteiger partial charge in [0.05, 0.1) is 22.0 Å². The third-order valence-corrected chi connectivity index (χ3v) is 6.55. The largest absolute Gasteiger partial charge is 0.342 e. The van der Waals surface area contributed by atoms with E-state index in [-0.39, 0.29) is 22.6 Å². The van der Waals surface area contributed by atoms with Crippen LogP contribution in [0.1, 0.15) is 42.5 Å². The Balaban J connectivity index is 1.65. The highest BCUT2D eigenvalue weighted by Gasteiger charge is 2.22. The van der Waals surface area contributed by atoms with Crippen molar-refractivity contribution in [2.45, 2.75) is 43.0 Å². The molecule has 0 saturated heterocycles. The van der Waals surface area contributed by atoms with E-state index in [0.29, 0.717) is 22.2 Å². The summed E-state index contributed by atoms with van der Waals surface area (Å²) < 4.78 is 13.2. The van der Waals surface area contributed by atoms with Gasteiger partial charge in [-0.1, -0.05) is 43.0 Å². The number of nitrogens with zero attached hydrogens (tertiary/aromatic N) is 1. The summed E-state index contributed by atoms with van der Waals surface area (Å²) in [5.41, 5.74) is 0.789. The molecule has 0 radical (unpaired) electrons. The quantitative estimate of drug-likeness (QED) is 0.600. The second-order valence-corrected chi connectivity index (χ2v) is 8.58. The second kappa shape index (κ2) is 10.1. The Labute approximate surface area is 179 Å². The van der Waals surface area contributed by atoms with Crippen molar-refractivity contribution in [3.63, 3.8) is 0 Å². The fourth-order valence-electron chi connectivity index (χ4n) is 3.47. The summed E-state index contributed by atoms with van der Waals surface area (Å²) in [5, 5.41) is 2.84. The van der Waals surface area contributed by atoms with Gasteiger partial charge in [-0.3, -0.25) is 9.59 Å². The Morgan fingerprint density at radius 1 is 1.17 bits per heavy atom. The van der Waals surface area contributed by atoms with Crippen LogP contribution in [0, 0.1) is 5.82 Å². The summed E-state index contributed by atoms with van der Waals surface area (Å²) in [6.07, 6.45) is 5.71. The van der Waals surface area contributed by atoms with Crippen molar-refractivity contribution < 1.29 is 14.0 Å². The standard InChI is InChI=1S/C22H24ClFN2O2S/c1-26(16-7-3-2-4-8-16)21(27)14-29-20-10-6-5-9-17(20)22(28)25-19-12-11-15(24)13-18(19)23/h5-6,9-13,16H,2-4,7-8,14H2,1H3,(H,25,28). The summed E-state index contributed by atoms with van der Waals surface area (Å²) >= 11 is 7.35. The molecule has 0 heterocycles. The van der Waals surface area contributed by atoms with E-state index in [0.717, 1.165) is 18.9 Å². The van der Waals surface area contributed by atoms with Crippen molar-refractivity contribution in [2.24, 2.45) is 0 Å². The van der Waals surface area contributed by atoms with Gasteiger partial charge in [-0.15, -0.1) is 11.8 Å². The Morgan fingerprint density at radius 2 is 1.90 bits per heavy atom. The van der Waals surface area contributed by atoms with Crippen LogP contribution in [0.3, 0.4) is 0 Å². The maximum Gasteiger partial charge on any atom is 0.256 e. The number of nitrogens with one attached hydrogen (secondary N) is 1. The first-order valence-corrected chi connectivity index (χ1v) is 11.1. The molecule has 4 nitrogen and oxygen atoms in total. The van der Waals surface area contributed by atoms with E-state index in [1.807, 2.05) is 24.1 Å². The van der Waals surface area contributed by atoms with Crippen molar-refractivity contribution in [3.8, 4) is 0 Å². The third kappa shape index (κ3) is 5.73. The predicted octanol–water partition coefficient (Wildman–Crippen LogP) is 5.61. The number of benzene rings is 2. The minimum absolute atomic E-state index is 0.0682. The zero-order valence-electron chi connectivity index (χ0n) is 16.3. The average Bonchev–Trinajstić information content (AvgIpc) is 2.74. The van der Waals surface area contributed by atoms with Gasteiger partial charge in [0.25, 0.3) is 5.91 Å². The van der Waals surface area contributed by atoms with Gasteiger partial charge in [-0.25, -0.2) is 4.39 Å². The molecular weight excluding hydrogens is 411 g/mol. The molecule has 2 aromatic rings. The van der Waals surface area contributed by atoms with Gasteiger partial charge in [0.2, 0.25) is 5.91 Å². The number of halogens is 2. The van der Waals surface area contributed by atoms with Gasteiger partial charge in [0.1, 0.15) is 5.82 Å². The van der Waals surface area contributed by atoms with Crippen molar-refractivity contribution >= 4 is 40.9 Å². The molecule has 3 rings (SSSR count). The number of amides is 2. The lowest BCUT2D eigenvalue weighted by Crippen LogP contribution is -2.39. The Morgan fingerprint density at radius 3 is 2.62 bits per heavy atom. The van der Waals surface area contributed by atoms with Crippen LogP contribution in [0.15, 0.2) is 47.4 Å². The molecule has 1 N–H and O–H groups in total. The smallest absolute Gasteiger partial charge is 0.256 e. The van der Waals surface area contributed by atoms with Gasteiger partial charge in [0.15, 0.2) is 0 Å². The summed E-state index contributed by atoms with van der Waals surface area (Å²) in [5.74, 6) is -0.479. The number of carbonyl (C=O) groups excluding carboxylic acids is 2. The lowest BCUT2D eigenvalue weighted by Gasteiger charge is -2.31. The highest BCUT2D eigenvalue weighted by atomic mass is 35.5. The molecule has 2 amide bonds. The molecule has 29 heavy (non-hydrogen) atoms. The highest BCUT2D eigenvalue weighted by Crippen LogP contribution is 2.28. The average molecular weight is 435 g/mol. The Hall–Kier alpha value is -2.05. The van der Waals surface area contributed by atoms with Gasteiger partial charge in [-0.2, -0.15) is 0 Å². The van der Waals surface area contributed by atoms with Crippen LogP contribution < -0.4 is 5.32 Å². The monoisotopic (exact) mass is 434 g/mol. The molecule has 7 heteroatoms. The molecule has 1 fully saturated rings. The molecule has 1 saturated carbocycles. The fourth-order valence-corrected chi connectivity index (χ4v) is 4.66. The van der Waals surface area contributed by atoms with Gasteiger partial charge in [-0.05, 0) is 43.2 Å². The molecule has 154 valence electrons. The number of carbonyl (C=O) groups is 2. The first-order chi connectivity index (χ1) is 14.0. The minimum atomic E-state index is -0.468. The number of anilines is 1. The minimum Gasteiger partial charge on any atom is -0.342 e. The van der Waals surface area contributed by atoms with Gasteiger partial charge < -0.3 is 10.2 Å². The molecule has 0 aromatic heterocycles. The molecular formula is C22H24ClFN2O2S. The van der Waals surface area contributed by atoms with Crippen molar-refractivity contribution in [1.29, 1.82) is 0 Å². The van der Waals surface area contributed by atoms with Crippen LogP contribution in [0.25, 0.3) is 0 Å². The summed E-state index contributed by atoms with van der Waals surface area (Å²) in [7, 11) is 1.87. The van der Waals surface area contributed by atoms with Gasteiger partial charge >= 0.3 is 0 Å². The van der Waals surface area contributed by atoms with Crippen molar-refractivity contribution in [1.82, 2.24) is 4.90 Å². The number of hydrogen-bond donors (Lipinski definition) is 1. The van der Waals surface area contributed by atoms with Crippen molar-refractivity contribution in [3.05, 3.63) is 58.9 Å². The molecule has 1 aliphatic rings. The van der Waals surface area contributed by atoms with Crippen LogP contribution in [0.4, 0.5) is 10.1 Å². The van der Waals surface area contributed by atoms with Crippen LogP contribution >= 0.6 is 23.4 Å². The Kier molecular flexibility index (Phi) is 7.56. The van der Waals surface area contributed by atoms with E-state index in [2.05, 4.69) is 5.32 Å². The third-order valence-electron chi connectivity index (χ3n) is 5.18. The molecule has 0 spiro atoms. The first kappa shape index (κ1) is 21.7. The Bertz CT molecular complexity index is 887. The van der Waals surface area contributed by atoms with Crippen LogP contribution in [-0.2, 0) is 4.79 Å². The van der Waals surface area contributed by atoms with E-state index in [1.54, 1.807) is 12.1 Å². The van der Waals surface area contributed by atoms with E-state index < -0.39 is 5.82 Å². The fraction of sp³-hybridized carbons (Fsp3) is 0.364. The summed E-state index contributed by atoms with van der Waals surface area (Å²) in [6, 6.07) is 11.2. The van der Waals surface area contributed by atoms with E-state index in [9.17, 15) is 14.0 Å². The maximum atomic E-state index is 13.2. The highest BCUT2D eigenvalue weighted by molar-refractivity contribution is 8.00. The SMILES string of the molecule is CN(C(=O)CSc1ccccc1C(=O)Nc1ccc(F)cc1Cl)C1CCCCC1. The normalized spacial score (nSPS) is 14.4. The second-order valence-electron chi connectivity index (χ2n) is 7.16. The lowest BCUT2D eigenvalue weighted by molar-refractivity contribution is -0.129. The number of thioether (sulfide) groups is 1. The topological polar surface area (TPSA) is 49.4 Å². The molecule has 0 atom stereocenters. The van der Waals surface area contributed by atoms with Crippen molar-refractivity contribution in [2.75, 3.05) is 18.1 Å². The van der Waals surface area contributed by atoms with Crippen LogP contribution in [-0.4, -0.2) is 35.6 Å². The van der Waals surface area contributed by atoms with Crippen LogP contribution in [0.5, 0.6) is 0 Å². The number of hydrogen-bond acceptors (Lipinski definition) is 3. The summed E-state index contributed by atoms with van der Waals surface area (Å²) in [4.78, 5) is 27.9. The molecule has 0 bridgehead atoms.